The number of piperazine rings is 1. The molecular formula is C16H21BrN2O2. The molecule has 1 fully saturated rings. The molecular weight excluding hydrogens is 332 g/mol. The summed E-state index contributed by atoms with van der Waals surface area (Å²) < 4.78 is 0.848. The average Bonchev–Trinajstić information content (AvgIpc) is 2.33. The number of hydrogen-bond donors (Lipinski definition) is 1. The summed E-state index contributed by atoms with van der Waals surface area (Å²) in [5.74, 6) is -0.126. The van der Waals surface area contributed by atoms with Crippen molar-refractivity contribution in [3.63, 3.8) is 0 Å². The number of carbonyl (C=O) groups excluding carboxylic acids is 2. The number of halogens is 1. The van der Waals surface area contributed by atoms with Crippen LogP contribution in [0.3, 0.4) is 0 Å². The molecule has 5 heteroatoms. The van der Waals surface area contributed by atoms with Crippen LogP contribution in [0.2, 0.25) is 0 Å². The van der Waals surface area contributed by atoms with Crippen molar-refractivity contribution in [1.82, 2.24) is 5.32 Å². The van der Waals surface area contributed by atoms with E-state index >= 15 is 0 Å². The molecule has 2 atom stereocenters. The van der Waals surface area contributed by atoms with E-state index in [0.717, 1.165) is 21.3 Å². The average molecular weight is 353 g/mol. The van der Waals surface area contributed by atoms with Crippen molar-refractivity contribution in [2.75, 3.05) is 4.90 Å². The lowest BCUT2D eigenvalue weighted by Gasteiger charge is -2.41. The molecule has 21 heavy (non-hydrogen) atoms. The highest BCUT2D eigenvalue weighted by molar-refractivity contribution is 9.10. The van der Waals surface area contributed by atoms with Crippen molar-refractivity contribution in [3.05, 3.63) is 27.7 Å². The largest absolute Gasteiger partial charge is 0.343 e. The SMILES string of the molecule is Cc1cc(C)c(N2C(=O)C(C)NC(=O)C2C(C)C)c(Br)c1. The third-order valence-electron chi connectivity index (χ3n) is 3.78. The molecule has 1 saturated heterocycles. The molecule has 2 amide bonds. The molecule has 2 rings (SSSR count). The van der Waals surface area contributed by atoms with E-state index in [9.17, 15) is 9.59 Å². The molecule has 0 aliphatic carbocycles. The normalized spacial score (nSPS) is 22.7. The van der Waals surface area contributed by atoms with E-state index in [1.54, 1.807) is 11.8 Å². The topological polar surface area (TPSA) is 49.4 Å². The number of aryl methyl sites for hydroxylation is 2. The van der Waals surface area contributed by atoms with Gasteiger partial charge in [-0.2, -0.15) is 0 Å². The van der Waals surface area contributed by atoms with E-state index in [1.165, 1.54) is 0 Å². The minimum absolute atomic E-state index is 0.0362. The predicted molar refractivity (Wildman–Crippen MR) is 87.3 cm³/mol. The molecule has 1 aromatic rings. The standard InChI is InChI=1S/C16H21BrN2O2/c1-8(2)13-15(20)18-11(5)16(21)19(13)14-10(4)6-9(3)7-12(14)17/h6-8,11,13H,1-5H3,(H,18,20). The minimum Gasteiger partial charge on any atom is -0.343 e. The Kier molecular flexibility index (Phi) is 4.42. The lowest BCUT2D eigenvalue weighted by Crippen LogP contribution is -2.64. The quantitative estimate of drug-likeness (QED) is 0.889. The Labute approximate surface area is 134 Å². The number of anilines is 1. The first-order valence-corrected chi connectivity index (χ1v) is 7.93. The smallest absolute Gasteiger partial charge is 0.250 e. The van der Waals surface area contributed by atoms with E-state index < -0.39 is 12.1 Å². The van der Waals surface area contributed by atoms with Gasteiger partial charge in [-0.05, 0) is 59.8 Å². The molecule has 1 aromatic carbocycles. The van der Waals surface area contributed by atoms with Crippen molar-refractivity contribution >= 4 is 33.4 Å². The van der Waals surface area contributed by atoms with Crippen LogP contribution in [0.25, 0.3) is 0 Å². The van der Waals surface area contributed by atoms with Crippen LogP contribution >= 0.6 is 15.9 Å². The van der Waals surface area contributed by atoms with Gasteiger partial charge >= 0.3 is 0 Å². The van der Waals surface area contributed by atoms with Gasteiger partial charge in [-0.3, -0.25) is 14.5 Å². The highest BCUT2D eigenvalue weighted by atomic mass is 79.9. The molecule has 1 aliphatic rings. The van der Waals surface area contributed by atoms with Crippen LogP contribution in [-0.4, -0.2) is 23.9 Å². The lowest BCUT2D eigenvalue weighted by molar-refractivity contribution is -0.134. The molecule has 0 saturated carbocycles. The maximum atomic E-state index is 12.7. The first-order valence-electron chi connectivity index (χ1n) is 7.14. The van der Waals surface area contributed by atoms with Crippen molar-refractivity contribution in [2.45, 2.75) is 46.7 Å². The first-order chi connectivity index (χ1) is 9.73. The van der Waals surface area contributed by atoms with Crippen molar-refractivity contribution in [2.24, 2.45) is 5.92 Å². The monoisotopic (exact) mass is 352 g/mol. The highest BCUT2D eigenvalue weighted by Crippen LogP contribution is 2.35. The summed E-state index contributed by atoms with van der Waals surface area (Å²) in [6.45, 7) is 9.61. The van der Waals surface area contributed by atoms with E-state index in [-0.39, 0.29) is 17.7 Å². The molecule has 1 aliphatic heterocycles. The first kappa shape index (κ1) is 16.0. The van der Waals surface area contributed by atoms with Crippen LogP contribution < -0.4 is 10.2 Å². The second kappa shape index (κ2) is 5.79. The Morgan fingerprint density at radius 2 is 1.86 bits per heavy atom. The zero-order chi connectivity index (χ0) is 15.9. The molecule has 0 radical (unpaired) electrons. The minimum atomic E-state index is -0.500. The van der Waals surface area contributed by atoms with E-state index in [2.05, 4.69) is 21.2 Å². The van der Waals surface area contributed by atoms with Gasteiger partial charge in [-0.15, -0.1) is 0 Å². The van der Waals surface area contributed by atoms with Gasteiger partial charge < -0.3 is 5.32 Å². The van der Waals surface area contributed by atoms with E-state index in [1.807, 2.05) is 39.8 Å². The summed E-state index contributed by atoms with van der Waals surface area (Å²) in [7, 11) is 0. The van der Waals surface area contributed by atoms with E-state index in [4.69, 9.17) is 0 Å². The molecule has 0 aromatic heterocycles. The van der Waals surface area contributed by atoms with Gasteiger partial charge in [-0.25, -0.2) is 0 Å². The Hall–Kier alpha value is -1.36. The second-order valence-electron chi connectivity index (χ2n) is 6.04. The van der Waals surface area contributed by atoms with Gasteiger partial charge in [0.1, 0.15) is 12.1 Å². The van der Waals surface area contributed by atoms with Gasteiger partial charge in [0.15, 0.2) is 0 Å². The summed E-state index contributed by atoms with van der Waals surface area (Å²) >= 11 is 3.55. The van der Waals surface area contributed by atoms with Crippen LogP contribution in [0.15, 0.2) is 16.6 Å². The van der Waals surface area contributed by atoms with Crippen molar-refractivity contribution in [3.8, 4) is 0 Å². The number of amides is 2. The number of nitrogens with one attached hydrogen (secondary N) is 1. The van der Waals surface area contributed by atoms with Crippen molar-refractivity contribution < 1.29 is 9.59 Å². The van der Waals surface area contributed by atoms with Crippen molar-refractivity contribution in [1.29, 1.82) is 0 Å². The number of nitrogens with zero attached hydrogens (tertiary/aromatic N) is 1. The summed E-state index contributed by atoms with van der Waals surface area (Å²) in [4.78, 5) is 26.7. The molecule has 114 valence electrons. The van der Waals surface area contributed by atoms with Gasteiger partial charge in [0.25, 0.3) is 0 Å². The third-order valence-corrected chi connectivity index (χ3v) is 4.39. The molecule has 0 spiro atoms. The van der Waals surface area contributed by atoms with Gasteiger partial charge in [-0.1, -0.05) is 19.9 Å². The molecule has 0 bridgehead atoms. The van der Waals surface area contributed by atoms with Gasteiger partial charge in [0, 0.05) is 4.47 Å². The Bertz CT molecular complexity index is 575. The molecule has 1 heterocycles. The fourth-order valence-electron chi connectivity index (χ4n) is 2.89. The van der Waals surface area contributed by atoms with Crippen LogP contribution in [0, 0.1) is 19.8 Å². The van der Waals surface area contributed by atoms with Crippen LogP contribution in [0.1, 0.15) is 31.9 Å². The zero-order valence-electron chi connectivity index (χ0n) is 13.0. The fourth-order valence-corrected chi connectivity index (χ4v) is 3.75. The summed E-state index contributed by atoms with van der Waals surface area (Å²) in [5, 5.41) is 2.77. The van der Waals surface area contributed by atoms with Gasteiger partial charge in [0.05, 0.1) is 5.69 Å². The van der Waals surface area contributed by atoms with Gasteiger partial charge in [0.2, 0.25) is 11.8 Å². The Balaban J connectivity index is 2.61. The molecule has 1 N–H and O–H groups in total. The van der Waals surface area contributed by atoms with E-state index in [0.29, 0.717) is 0 Å². The van der Waals surface area contributed by atoms with Crippen LogP contribution in [0.4, 0.5) is 5.69 Å². The summed E-state index contributed by atoms with van der Waals surface area (Å²) in [5.41, 5.74) is 2.90. The summed E-state index contributed by atoms with van der Waals surface area (Å²) in [6, 6.07) is 3.03. The number of benzene rings is 1. The summed E-state index contributed by atoms with van der Waals surface area (Å²) in [6.07, 6.45) is 0. The number of hydrogen-bond acceptors (Lipinski definition) is 2. The zero-order valence-corrected chi connectivity index (χ0v) is 14.6. The molecule has 2 unspecified atom stereocenters. The number of rotatable bonds is 2. The lowest BCUT2D eigenvalue weighted by atomic mass is 9.95. The maximum Gasteiger partial charge on any atom is 0.250 e. The third kappa shape index (κ3) is 2.84. The second-order valence-corrected chi connectivity index (χ2v) is 6.89. The highest BCUT2D eigenvalue weighted by Gasteiger charge is 2.42. The Morgan fingerprint density at radius 1 is 1.24 bits per heavy atom. The van der Waals surface area contributed by atoms with Crippen LogP contribution in [0.5, 0.6) is 0 Å². The Morgan fingerprint density at radius 3 is 2.38 bits per heavy atom. The van der Waals surface area contributed by atoms with Crippen LogP contribution in [-0.2, 0) is 9.59 Å². The predicted octanol–water partition coefficient (Wildman–Crippen LogP) is 2.94. The fraction of sp³-hybridized carbons (Fsp3) is 0.500. The molecule has 4 nitrogen and oxygen atoms in total. The maximum absolute atomic E-state index is 12.7. The number of carbonyl (C=O) groups is 2.